The van der Waals surface area contributed by atoms with E-state index in [0.29, 0.717) is 5.56 Å². The highest BCUT2D eigenvalue weighted by atomic mass is 19.3. The SMILES string of the molecule is CC1(F)CC(F)(F)C(C)(c2cc(Cc3cc(C#N)cnc3C(N)=O)ccc2F)N=C1N. The lowest BCUT2D eigenvalue weighted by molar-refractivity contribution is -0.106. The first-order chi connectivity index (χ1) is 14.3. The maximum atomic E-state index is 14.9. The van der Waals surface area contributed by atoms with Crippen LogP contribution in [0.3, 0.4) is 0 Å². The number of nitrogens with zero attached hydrogens (tertiary/aromatic N) is 3. The number of aromatic nitrogens is 1. The second-order valence-corrected chi connectivity index (χ2v) is 7.85. The summed E-state index contributed by atoms with van der Waals surface area (Å²) in [4.78, 5) is 19.2. The maximum Gasteiger partial charge on any atom is 0.280 e. The molecule has 3 rings (SSSR count). The second-order valence-electron chi connectivity index (χ2n) is 7.85. The first kappa shape index (κ1) is 22.2. The van der Waals surface area contributed by atoms with Crippen LogP contribution in [-0.2, 0) is 12.0 Å². The third kappa shape index (κ3) is 3.83. The van der Waals surface area contributed by atoms with E-state index >= 15 is 0 Å². The minimum atomic E-state index is -3.74. The quantitative estimate of drug-likeness (QED) is 0.720. The number of hydrogen-bond acceptors (Lipinski definition) is 5. The van der Waals surface area contributed by atoms with Crippen molar-refractivity contribution in [1.29, 1.82) is 5.26 Å². The summed E-state index contributed by atoms with van der Waals surface area (Å²) in [6.07, 6.45) is -0.125. The van der Waals surface area contributed by atoms with Crippen LogP contribution in [-0.4, -0.2) is 28.3 Å². The van der Waals surface area contributed by atoms with Gasteiger partial charge in [-0.25, -0.2) is 22.5 Å². The number of primary amides is 1. The molecule has 1 aromatic carbocycles. The van der Waals surface area contributed by atoms with Crippen LogP contribution in [0.5, 0.6) is 0 Å². The normalized spacial score (nSPS) is 24.9. The maximum absolute atomic E-state index is 14.9. The van der Waals surface area contributed by atoms with E-state index in [0.717, 1.165) is 26.0 Å². The molecule has 0 spiro atoms. The van der Waals surface area contributed by atoms with Gasteiger partial charge in [-0.15, -0.1) is 0 Å². The highest BCUT2D eigenvalue weighted by molar-refractivity contribution is 5.92. The molecule has 2 aromatic rings. The van der Waals surface area contributed by atoms with Gasteiger partial charge in [-0.2, -0.15) is 5.26 Å². The van der Waals surface area contributed by atoms with Gasteiger partial charge in [-0.1, -0.05) is 6.07 Å². The molecule has 31 heavy (non-hydrogen) atoms. The van der Waals surface area contributed by atoms with Gasteiger partial charge < -0.3 is 11.5 Å². The Morgan fingerprint density at radius 3 is 2.55 bits per heavy atom. The zero-order chi connectivity index (χ0) is 23.2. The fraction of sp³-hybridized carbons (Fsp3) is 0.333. The summed E-state index contributed by atoms with van der Waals surface area (Å²) in [6.45, 7) is 1.89. The van der Waals surface area contributed by atoms with E-state index < -0.39 is 46.7 Å². The number of nitriles is 1. The topological polar surface area (TPSA) is 118 Å². The Balaban J connectivity index is 2.12. The summed E-state index contributed by atoms with van der Waals surface area (Å²) in [5.74, 6) is -6.19. The Morgan fingerprint density at radius 2 is 1.94 bits per heavy atom. The molecule has 1 amide bonds. The standard InChI is InChI=1S/C21H19F4N5O/c1-19(23)10-21(24,25)20(2,30-18(19)28)14-7-11(3-4-15(14)22)5-13-6-12(8-26)9-29-16(13)17(27)31/h3-4,6-7,9H,5,10H2,1-2H3,(H2,27,31)(H2,28,30). The van der Waals surface area contributed by atoms with Crippen molar-refractivity contribution >= 4 is 11.7 Å². The van der Waals surface area contributed by atoms with Crippen LogP contribution in [0, 0.1) is 17.1 Å². The molecule has 4 N–H and O–H groups in total. The molecular weight excluding hydrogens is 414 g/mol. The zero-order valence-electron chi connectivity index (χ0n) is 16.7. The number of amidine groups is 1. The van der Waals surface area contributed by atoms with Crippen molar-refractivity contribution in [3.63, 3.8) is 0 Å². The largest absolute Gasteiger partial charge is 0.385 e. The minimum absolute atomic E-state index is 0.0459. The van der Waals surface area contributed by atoms with Gasteiger partial charge >= 0.3 is 0 Å². The van der Waals surface area contributed by atoms with E-state index in [2.05, 4.69) is 9.98 Å². The molecule has 1 aromatic heterocycles. The number of halogens is 4. The molecule has 0 aliphatic carbocycles. The lowest BCUT2D eigenvalue weighted by atomic mass is 9.77. The Bertz CT molecular complexity index is 1140. The first-order valence-electron chi connectivity index (χ1n) is 9.21. The van der Waals surface area contributed by atoms with Gasteiger partial charge in [-0.3, -0.25) is 9.79 Å². The molecule has 0 radical (unpaired) electrons. The average molecular weight is 433 g/mol. The van der Waals surface area contributed by atoms with Crippen LogP contribution >= 0.6 is 0 Å². The molecule has 10 heteroatoms. The molecule has 2 heterocycles. The molecule has 0 saturated carbocycles. The summed E-state index contributed by atoms with van der Waals surface area (Å²) >= 11 is 0. The van der Waals surface area contributed by atoms with Crippen molar-refractivity contribution in [3.8, 4) is 6.07 Å². The molecule has 0 bridgehead atoms. The number of alkyl halides is 3. The smallest absolute Gasteiger partial charge is 0.280 e. The van der Waals surface area contributed by atoms with Crippen molar-refractivity contribution in [3.05, 3.63) is 64.2 Å². The van der Waals surface area contributed by atoms with Crippen LogP contribution in [0.25, 0.3) is 0 Å². The first-order valence-corrected chi connectivity index (χ1v) is 9.21. The fourth-order valence-corrected chi connectivity index (χ4v) is 3.58. The predicted octanol–water partition coefficient (Wildman–Crippen LogP) is 3.12. The van der Waals surface area contributed by atoms with E-state index in [-0.39, 0.29) is 23.2 Å². The van der Waals surface area contributed by atoms with Crippen LogP contribution < -0.4 is 11.5 Å². The van der Waals surface area contributed by atoms with E-state index in [1.807, 2.05) is 6.07 Å². The van der Waals surface area contributed by atoms with Gasteiger partial charge in [-0.05, 0) is 49.6 Å². The third-order valence-corrected chi connectivity index (χ3v) is 5.42. The van der Waals surface area contributed by atoms with E-state index in [1.165, 1.54) is 18.3 Å². The number of amides is 1. The number of aliphatic imine (C=N–C) groups is 1. The van der Waals surface area contributed by atoms with Gasteiger partial charge in [0.1, 0.15) is 23.4 Å². The van der Waals surface area contributed by atoms with Gasteiger partial charge in [0.15, 0.2) is 11.2 Å². The Kier molecular flexibility index (Phi) is 5.26. The van der Waals surface area contributed by atoms with Crippen LogP contribution in [0.1, 0.15) is 53.0 Å². The average Bonchev–Trinajstić information content (AvgIpc) is 2.67. The molecule has 0 fully saturated rings. The monoisotopic (exact) mass is 433 g/mol. The van der Waals surface area contributed by atoms with Gasteiger partial charge in [0.25, 0.3) is 11.8 Å². The van der Waals surface area contributed by atoms with Crippen molar-refractivity contribution in [2.75, 3.05) is 0 Å². The van der Waals surface area contributed by atoms with Crippen molar-refractivity contribution < 1.29 is 22.4 Å². The summed E-state index contributed by atoms with van der Waals surface area (Å²) in [7, 11) is 0. The Hall–Kier alpha value is -3.48. The molecule has 162 valence electrons. The van der Waals surface area contributed by atoms with E-state index in [4.69, 9.17) is 16.7 Å². The van der Waals surface area contributed by atoms with Crippen molar-refractivity contribution in [1.82, 2.24) is 4.98 Å². The molecule has 1 aliphatic heterocycles. The number of carbonyl (C=O) groups excluding carboxylic acids is 1. The lowest BCUT2D eigenvalue weighted by Gasteiger charge is -2.42. The lowest BCUT2D eigenvalue weighted by Crippen LogP contribution is -2.56. The number of hydrogen-bond donors (Lipinski definition) is 2. The van der Waals surface area contributed by atoms with E-state index in [1.54, 1.807) is 0 Å². The number of pyridine rings is 1. The summed E-state index contributed by atoms with van der Waals surface area (Å²) in [6, 6.07) is 6.74. The fourth-order valence-electron chi connectivity index (χ4n) is 3.58. The highest BCUT2D eigenvalue weighted by Gasteiger charge is 2.60. The second kappa shape index (κ2) is 7.34. The summed E-state index contributed by atoms with van der Waals surface area (Å²) < 4.78 is 58.9. The number of nitrogens with two attached hydrogens (primary N) is 2. The molecular formula is C21H19F4N5O. The molecule has 1 aliphatic rings. The Morgan fingerprint density at radius 1 is 1.26 bits per heavy atom. The molecule has 6 nitrogen and oxygen atoms in total. The van der Waals surface area contributed by atoms with Gasteiger partial charge in [0.2, 0.25) is 0 Å². The summed E-state index contributed by atoms with van der Waals surface area (Å²) in [5, 5.41) is 9.07. The van der Waals surface area contributed by atoms with E-state index in [9.17, 15) is 22.4 Å². The van der Waals surface area contributed by atoms with Crippen molar-refractivity contribution in [2.45, 2.75) is 43.8 Å². The highest BCUT2D eigenvalue weighted by Crippen LogP contribution is 2.50. The Labute approximate surface area is 175 Å². The van der Waals surface area contributed by atoms with Crippen LogP contribution in [0.15, 0.2) is 35.5 Å². The number of carbonyl (C=O) groups is 1. The van der Waals surface area contributed by atoms with Crippen LogP contribution in [0.2, 0.25) is 0 Å². The van der Waals surface area contributed by atoms with Crippen molar-refractivity contribution in [2.24, 2.45) is 16.5 Å². The molecule has 2 unspecified atom stereocenters. The summed E-state index contributed by atoms with van der Waals surface area (Å²) in [5.41, 5.74) is 6.10. The third-order valence-electron chi connectivity index (χ3n) is 5.42. The number of rotatable bonds is 4. The predicted molar refractivity (Wildman–Crippen MR) is 105 cm³/mol. The van der Waals surface area contributed by atoms with Gasteiger partial charge in [0, 0.05) is 11.8 Å². The molecule has 0 saturated heterocycles. The molecule has 2 atom stereocenters. The van der Waals surface area contributed by atoms with Crippen LogP contribution in [0.4, 0.5) is 17.6 Å². The zero-order valence-corrected chi connectivity index (χ0v) is 16.7. The number of benzene rings is 1. The van der Waals surface area contributed by atoms with Gasteiger partial charge in [0.05, 0.1) is 12.0 Å². The minimum Gasteiger partial charge on any atom is -0.385 e.